The molecule has 0 radical (unpaired) electrons. The van der Waals surface area contributed by atoms with E-state index in [9.17, 15) is 20.2 Å². The molecule has 3 rings (SSSR count). The fourth-order valence-electron chi connectivity index (χ4n) is 2.91. The zero-order valence-corrected chi connectivity index (χ0v) is 18.4. The number of halogens is 2. The smallest absolute Gasteiger partial charge is 0.271 e. The van der Waals surface area contributed by atoms with Gasteiger partial charge in [0.05, 0.1) is 4.92 Å². The van der Waals surface area contributed by atoms with E-state index in [4.69, 9.17) is 11.6 Å². The van der Waals surface area contributed by atoms with Crippen LogP contribution in [0, 0.1) is 21.4 Å². The van der Waals surface area contributed by atoms with E-state index in [-0.39, 0.29) is 16.9 Å². The number of nitrogens with zero attached hydrogens (tertiary/aromatic N) is 2. The Labute approximate surface area is 192 Å². The van der Waals surface area contributed by atoms with Gasteiger partial charge in [0.15, 0.2) is 0 Å². The Morgan fingerprint density at radius 2 is 1.90 bits per heavy atom. The van der Waals surface area contributed by atoms with Crippen LogP contribution in [0.4, 0.5) is 11.4 Å². The van der Waals surface area contributed by atoms with Gasteiger partial charge in [0.2, 0.25) is 0 Å². The maximum atomic E-state index is 12.6. The van der Waals surface area contributed by atoms with E-state index in [1.807, 2.05) is 42.5 Å². The molecule has 0 aliphatic carbocycles. The normalized spacial score (nSPS) is 10.9. The van der Waals surface area contributed by atoms with Gasteiger partial charge in [-0.05, 0) is 53.5 Å². The minimum absolute atomic E-state index is 0.134. The molecule has 6 nitrogen and oxygen atoms in total. The number of nitriles is 1. The van der Waals surface area contributed by atoms with Crippen molar-refractivity contribution in [1.29, 1.82) is 5.26 Å². The van der Waals surface area contributed by atoms with Crippen LogP contribution in [0.2, 0.25) is 5.02 Å². The highest BCUT2D eigenvalue weighted by atomic mass is 79.9. The summed E-state index contributed by atoms with van der Waals surface area (Å²) in [4.78, 5) is 23.0. The maximum Gasteiger partial charge on any atom is 0.271 e. The summed E-state index contributed by atoms with van der Waals surface area (Å²) in [6.07, 6.45) is 2.01. The fourth-order valence-corrected chi connectivity index (χ4v) is 3.49. The molecule has 0 saturated heterocycles. The van der Waals surface area contributed by atoms with Crippen LogP contribution in [0.15, 0.2) is 76.8 Å². The summed E-state index contributed by atoms with van der Waals surface area (Å²) in [6, 6.07) is 20.5. The molecule has 31 heavy (non-hydrogen) atoms. The van der Waals surface area contributed by atoms with Gasteiger partial charge >= 0.3 is 0 Å². The number of rotatable bonds is 6. The minimum atomic E-state index is -0.660. The summed E-state index contributed by atoms with van der Waals surface area (Å²) in [7, 11) is 0. The van der Waals surface area contributed by atoms with E-state index in [0.29, 0.717) is 17.0 Å². The molecule has 1 amide bonds. The average Bonchev–Trinajstić information content (AvgIpc) is 2.75. The second-order valence-electron chi connectivity index (χ2n) is 6.54. The molecule has 0 aliphatic heterocycles. The Bertz CT molecular complexity index is 1230. The molecule has 0 saturated carbocycles. The highest BCUT2D eigenvalue weighted by molar-refractivity contribution is 9.10. The predicted octanol–water partition coefficient (Wildman–Crippen LogP) is 6.15. The lowest BCUT2D eigenvalue weighted by Gasteiger charge is -2.10. The molecular formula is C23H15BrClN3O3. The largest absolute Gasteiger partial charge is 0.321 e. The molecule has 0 spiro atoms. The number of non-ortho nitro benzene ring substituents is 1. The topological polar surface area (TPSA) is 96.0 Å². The summed E-state index contributed by atoms with van der Waals surface area (Å²) in [5.41, 5.74) is 2.41. The Morgan fingerprint density at radius 1 is 1.13 bits per heavy atom. The monoisotopic (exact) mass is 495 g/mol. The van der Waals surface area contributed by atoms with Crippen molar-refractivity contribution in [3.63, 3.8) is 0 Å². The molecule has 0 unspecified atom stereocenters. The molecule has 154 valence electrons. The number of benzene rings is 3. The predicted molar refractivity (Wildman–Crippen MR) is 124 cm³/mol. The van der Waals surface area contributed by atoms with Crippen LogP contribution in [0.25, 0.3) is 6.08 Å². The van der Waals surface area contributed by atoms with Crippen molar-refractivity contribution in [3.05, 3.63) is 109 Å². The lowest BCUT2D eigenvalue weighted by atomic mass is 9.98. The zero-order valence-electron chi connectivity index (χ0n) is 16.0. The van der Waals surface area contributed by atoms with Gasteiger partial charge in [-0.1, -0.05) is 57.9 Å². The molecule has 1 N–H and O–H groups in total. The van der Waals surface area contributed by atoms with Gasteiger partial charge in [0, 0.05) is 27.3 Å². The van der Waals surface area contributed by atoms with Gasteiger partial charge in [-0.25, -0.2) is 0 Å². The average molecular weight is 497 g/mol. The van der Waals surface area contributed by atoms with Gasteiger partial charge in [0.1, 0.15) is 11.6 Å². The van der Waals surface area contributed by atoms with Crippen LogP contribution in [0.1, 0.15) is 16.7 Å². The van der Waals surface area contributed by atoms with Crippen molar-refractivity contribution < 1.29 is 9.72 Å². The zero-order chi connectivity index (χ0) is 22.4. The first-order chi connectivity index (χ1) is 14.9. The van der Waals surface area contributed by atoms with E-state index >= 15 is 0 Å². The summed E-state index contributed by atoms with van der Waals surface area (Å²) in [5.74, 6) is -0.660. The second-order valence-corrected chi connectivity index (χ2v) is 7.87. The minimum Gasteiger partial charge on any atom is -0.321 e. The van der Waals surface area contributed by atoms with E-state index in [1.54, 1.807) is 6.07 Å². The molecule has 0 bridgehead atoms. The van der Waals surface area contributed by atoms with Crippen molar-refractivity contribution in [3.8, 4) is 6.07 Å². The molecule has 0 aromatic heterocycles. The van der Waals surface area contributed by atoms with Gasteiger partial charge < -0.3 is 5.32 Å². The Balaban J connectivity index is 1.91. The van der Waals surface area contributed by atoms with Crippen molar-refractivity contribution >= 4 is 50.9 Å². The van der Waals surface area contributed by atoms with Gasteiger partial charge in [-0.3, -0.25) is 14.9 Å². The summed E-state index contributed by atoms with van der Waals surface area (Å²) < 4.78 is 0.790. The van der Waals surface area contributed by atoms with Crippen LogP contribution in [-0.4, -0.2) is 10.8 Å². The quantitative estimate of drug-likeness (QED) is 0.192. The number of nitro groups is 1. The maximum absolute atomic E-state index is 12.6. The first-order valence-electron chi connectivity index (χ1n) is 9.07. The van der Waals surface area contributed by atoms with Crippen molar-refractivity contribution in [2.75, 3.05) is 5.32 Å². The highest BCUT2D eigenvalue weighted by Crippen LogP contribution is 2.25. The molecule has 3 aromatic carbocycles. The standard InChI is InChI=1S/C23H15BrClN3O3/c24-19-9-8-15(10-16-4-1-2-7-22(16)25)17(12-19)11-18(14-26)23(29)27-20-5-3-6-21(13-20)28(30)31/h1-9,11-13H,10H2,(H,27,29)/b18-11+. The van der Waals surface area contributed by atoms with Crippen LogP contribution in [0.5, 0.6) is 0 Å². The van der Waals surface area contributed by atoms with Gasteiger partial charge in [-0.2, -0.15) is 5.26 Å². The van der Waals surface area contributed by atoms with E-state index < -0.39 is 10.8 Å². The van der Waals surface area contributed by atoms with E-state index in [2.05, 4.69) is 21.2 Å². The van der Waals surface area contributed by atoms with Crippen molar-refractivity contribution in [2.45, 2.75) is 6.42 Å². The number of carbonyl (C=O) groups is 1. The van der Waals surface area contributed by atoms with Crippen molar-refractivity contribution in [1.82, 2.24) is 0 Å². The number of amides is 1. The third kappa shape index (κ3) is 5.79. The molecule has 0 aliphatic rings. The fraction of sp³-hybridized carbons (Fsp3) is 0.0435. The van der Waals surface area contributed by atoms with Crippen LogP contribution < -0.4 is 5.32 Å². The summed E-state index contributed by atoms with van der Waals surface area (Å²) >= 11 is 9.70. The molecule has 3 aromatic rings. The Morgan fingerprint density at radius 3 is 2.61 bits per heavy atom. The first kappa shape index (κ1) is 22.2. The summed E-state index contributed by atoms with van der Waals surface area (Å²) in [6.45, 7) is 0. The number of nitro benzene ring substituents is 1. The van der Waals surface area contributed by atoms with Crippen LogP contribution in [0.3, 0.4) is 0 Å². The first-order valence-corrected chi connectivity index (χ1v) is 10.2. The molecular weight excluding hydrogens is 482 g/mol. The van der Waals surface area contributed by atoms with Crippen molar-refractivity contribution in [2.24, 2.45) is 0 Å². The third-order valence-electron chi connectivity index (χ3n) is 4.43. The van der Waals surface area contributed by atoms with Crippen LogP contribution >= 0.6 is 27.5 Å². The lowest BCUT2D eigenvalue weighted by Crippen LogP contribution is -2.13. The van der Waals surface area contributed by atoms with Crippen LogP contribution in [-0.2, 0) is 11.2 Å². The van der Waals surface area contributed by atoms with E-state index in [0.717, 1.165) is 15.6 Å². The third-order valence-corrected chi connectivity index (χ3v) is 5.29. The summed E-state index contributed by atoms with van der Waals surface area (Å²) in [5, 5.41) is 23.6. The number of anilines is 1. The number of hydrogen-bond acceptors (Lipinski definition) is 4. The van der Waals surface area contributed by atoms with E-state index in [1.165, 1.54) is 30.3 Å². The number of hydrogen-bond donors (Lipinski definition) is 1. The van der Waals surface area contributed by atoms with Gasteiger partial charge in [-0.15, -0.1) is 0 Å². The highest BCUT2D eigenvalue weighted by Gasteiger charge is 2.14. The van der Waals surface area contributed by atoms with Gasteiger partial charge in [0.25, 0.3) is 11.6 Å². The molecule has 0 atom stereocenters. The molecule has 0 heterocycles. The Kier molecular flexibility index (Phi) is 7.19. The number of nitrogens with one attached hydrogen (secondary N) is 1. The lowest BCUT2D eigenvalue weighted by molar-refractivity contribution is -0.384. The number of carbonyl (C=O) groups excluding carboxylic acids is 1. The SMILES string of the molecule is N#C/C(=C\c1cc(Br)ccc1Cc1ccccc1Cl)C(=O)Nc1cccc([N+](=O)[O-])c1. The molecule has 8 heteroatoms. The second kappa shape index (κ2) is 10.0. The molecule has 0 fully saturated rings. The Hall–Kier alpha value is -3.47.